The molecule has 2 aromatic rings. The largest absolute Gasteiger partial charge is 0.383 e. The van der Waals surface area contributed by atoms with Crippen molar-refractivity contribution in [1.82, 2.24) is 19.7 Å². The lowest BCUT2D eigenvalue weighted by molar-refractivity contribution is -0.136. The number of urea groups is 1. The maximum Gasteiger partial charge on any atom is 0.327 e. The number of aromatic amines is 1. The molecule has 0 radical (unpaired) electrons. The lowest BCUT2D eigenvalue weighted by atomic mass is 9.85. The summed E-state index contributed by atoms with van der Waals surface area (Å²) in [6.07, 6.45) is 3.39. The first-order valence-electron chi connectivity index (χ1n) is 10.4. The minimum absolute atomic E-state index is 0.0413. The van der Waals surface area contributed by atoms with Crippen LogP contribution in [-0.2, 0) is 16.1 Å². The van der Waals surface area contributed by atoms with Gasteiger partial charge in [0.15, 0.2) is 0 Å². The van der Waals surface area contributed by atoms with Gasteiger partial charge in [0.1, 0.15) is 5.54 Å². The van der Waals surface area contributed by atoms with Gasteiger partial charge in [-0.2, -0.15) is 0 Å². The molecule has 0 atom stereocenters. The molecular weight excluding hydrogens is 368 g/mol. The molecule has 2 aliphatic rings. The van der Waals surface area contributed by atoms with Gasteiger partial charge < -0.3 is 14.6 Å². The van der Waals surface area contributed by atoms with Crippen molar-refractivity contribution in [2.24, 2.45) is 0 Å². The van der Waals surface area contributed by atoms with Crippen LogP contribution in [0.5, 0.6) is 0 Å². The second-order valence-corrected chi connectivity index (χ2v) is 8.36. The quantitative estimate of drug-likeness (QED) is 0.760. The SMILES string of the molecule is COCCN1C(=O)N(C(C)C)C(=O)C12CCN(Cc1c[nH]c3ccccc13)CC2. The molecule has 0 saturated carbocycles. The number of aromatic nitrogens is 1. The molecule has 4 rings (SSSR count). The maximum absolute atomic E-state index is 13.3. The number of fused-ring (bicyclic) bond motifs is 1. The third-order valence-corrected chi connectivity index (χ3v) is 6.36. The molecule has 29 heavy (non-hydrogen) atoms. The number of hydrogen-bond donors (Lipinski definition) is 1. The van der Waals surface area contributed by atoms with Crippen molar-refractivity contribution in [2.45, 2.75) is 44.8 Å². The molecule has 1 N–H and O–H groups in total. The van der Waals surface area contributed by atoms with E-state index in [0.29, 0.717) is 26.0 Å². The number of carbonyl (C=O) groups excluding carboxylic acids is 2. The van der Waals surface area contributed by atoms with E-state index < -0.39 is 5.54 Å². The third kappa shape index (κ3) is 3.32. The number of amides is 3. The predicted octanol–water partition coefficient (Wildman–Crippen LogP) is 2.82. The standard InChI is InChI=1S/C22H30N4O3/c1-16(2)26-20(27)22(25(21(26)28)12-13-29-3)8-10-24(11-9-22)15-17-14-23-19-7-5-4-6-18(17)19/h4-7,14,16,23H,8-13,15H2,1-3H3. The van der Waals surface area contributed by atoms with Gasteiger partial charge in [-0.05, 0) is 38.3 Å². The van der Waals surface area contributed by atoms with Crippen LogP contribution in [0.4, 0.5) is 4.79 Å². The number of para-hydroxylation sites is 1. The number of piperidine rings is 1. The molecule has 7 nitrogen and oxygen atoms in total. The van der Waals surface area contributed by atoms with E-state index in [-0.39, 0.29) is 18.0 Å². The second kappa shape index (κ2) is 7.80. The van der Waals surface area contributed by atoms with Crippen LogP contribution in [-0.4, -0.2) is 76.6 Å². The van der Waals surface area contributed by atoms with Crippen molar-refractivity contribution in [3.63, 3.8) is 0 Å². The number of rotatable bonds is 6. The van der Waals surface area contributed by atoms with Crippen LogP contribution >= 0.6 is 0 Å². The lowest BCUT2D eigenvalue weighted by Gasteiger charge is -2.42. The molecule has 1 aromatic heterocycles. The Morgan fingerprint density at radius 3 is 2.59 bits per heavy atom. The number of nitrogens with one attached hydrogen (secondary N) is 1. The van der Waals surface area contributed by atoms with Crippen molar-refractivity contribution >= 4 is 22.8 Å². The number of nitrogens with zero attached hydrogens (tertiary/aromatic N) is 3. The zero-order valence-electron chi connectivity index (χ0n) is 17.5. The van der Waals surface area contributed by atoms with E-state index >= 15 is 0 Å². The third-order valence-electron chi connectivity index (χ3n) is 6.36. The summed E-state index contributed by atoms with van der Waals surface area (Å²) in [7, 11) is 1.62. The van der Waals surface area contributed by atoms with Gasteiger partial charge in [-0.3, -0.25) is 14.6 Å². The molecule has 2 aliphatic heterocycles. The van der Waals surface area contributed by atoms with Crippen LogP contribution in [0, 0.1) is 0 Å². The van der Waals surface area contributed by atoms with Crippen LogP contribution < -0.4 is 0 Å². The van der Waals surface area contributed by atoms with Gasteiger partial charge in [0.2, 0.25) is 0 Å². The van der Waals surface area contributed by atoms with E-state index in [4.69, 9.17) is 4.74 Å². The molecule has 3 heterocycles. The average molecular weight is 399 g/mol. The predicted molar refractivity (Wildman–Crippen MR) is 112 cm³/mol. The Labute approximate surface area is 171 Å². The van der Waals surface area contributed by atoms with E-state index in [1.165, 1.54) is 15.8 Å². The molecule has 0 bridgehead atoms. The maximum atomic E-state index is 13.3. The van der Waals surface area contributed by atoms with Gasteiger partial charge in [0, 0.05) is 56.4 Å². The van der Waals surface area contributed by atoms with Crippen molar-refractivity contribution < 1.29 is 14.3 Å². The molecule has 2 fully saturated rings. The Hall–Kier alpha value is -2.38. The number of hydrogen-bond acceptors (Lipinski definition) is 4. The summed E-state index contributed by atoms with van der Waals surface area (Å²) in [6.45, 7) is 7.10. The van der Waals surface area contributed by atoms with Crippen molar-refractivity contribution in [2.75, 3.05) is 33.4 Å². The van der Waals surface area contributed by atoms with Crippen LogP contribution in [0.2, 0.25) is 0 Å². The highest BCUT2D eigenvalue weighted by atomic mass is 16.5. The lowest BCUT2D eigenvalue weighted by Crippen LogP contribution is -2.57. The summed E-state index contributed by atoms with van der Waals surface area (Å²) in [5.74, 6) is -0.0413. The van der Waals surface area contributed by atoms with Gasteiger partial charge in [0.05, 0.1) is 6.61 Å². The van der Waals surface area contributed by atoms with Crippen molar-refractivity contribution in [3.8, 4) is 0 Å². The Kier molecular flexibility index (Phi) is 5.36. The van der Waals surface area contributed by atoms with E-state index in [1.807, 2.05) is 19.9 Å². The van der Waals surface area contributed by atoms with Crippen molar-refractivity contribution in [1.29, 1.82) is 0 Å². The van der Waals surface area contributed by atoms with Gasteiger partial charge in [-0.1, -0.05) is 18.2 Å². The number of imide groups is 1. The second-order valence-electron chi connectivity index (χ2n) is 8.36. The van der Waals surface area contributed by atoms with Gasteiger partial charge >= 0.3 is 6.03 Å². The number of likely N-dealkylation sites (tertiary alicyclic amines) is 1. The summed E-state index contributed by atoms with van der Waals surface area (Å²) in [5, 5.41) is 1.24. The first-order chi connectivity index (χ1) is 14.0. The fourth-order valence-corrected chi connectivity index (χ4v) is 4.76. The molecule has 1 aromatic carbocycles. The zero-order chi connectivity index (χ0) is 20.6. The molecule has 156 valence electrons. The van der Waals surface area contributed by atoms with Gasteiger partial charge in [-0.15, -0.1) is 0 Å². The van der Waals surface area contributed by atoms with E-state index in [2.05, 4.69) is 34.3 Å². The van der Waals surface area contributed by atoms with Crippen molar-refractivity contribution in [3.05, 3.63) is 36.0 Å². The van der Waals surface area contributed by atoms with Crippen LogP contribution in [0.3, 0.4) is 0 Å². The Morgan fingerprint density at radius 1 is 1.17 bits per heavy atom. The summed E-state index contributed by atoms with van der Waals surface area (Å²) in [4.78, 5) is 35.2. The highest BCUT2D eigenvalue weighted by Crippen LogP contribution is 2.38. The Bertz CT molecular complexity index is 898. The summed E-state index contributed by atoms with van der Waals surface area (Å²) >= 11 is 0. The first kappa shape index (κ1) is 19.9. The number of carbonyl (C=O) groups is 2. The van der Waals surface area contributed by atoms with E-state index in [1.54, 1.807) is 12.0 Å². The minimum atomic E-state index is -0.726. The highest BCUT2D eigenvalue weighted by Gasteiger charge is 2.58. The summed E-state index contributed by atoms with van der Waals surface area (Å²) in [5.41, 5.74) is 1.69. The topological polar surface area (TPSA) is 68.9 Å². The van der Waals surface area contributed by atoms with Gasteiger partial charge in [0.25, 0.3) is 5.91 Å². The summed E-state index contributed by atoms with van der Waals surface area (Å²) < 4.78 is 5.21. The number of methoxy groups -OCH3 is 1. The van der Waals surface area contributed by atoms with E-state index in [9.17, 15) is 9.59 Å². The highest BCUT2D eigenvalue weighted by molar-refractivity contribution is 6.07. The Morgan fingerprint density at radius 2 is 1.90 bits per heavy atom. The molecule has 0 aliphatic carbocycles. The monoisotopic (exact) mass is 398 g/mol. The smallest absolute Gasteiger partial charge is 0.327 e. The van der Waals surface area contributed by atoms with E-state index in [0.717, 1.165) is 25.2 Å². The normalized spacial score (nSPS) is 20.0. The molecule has 7 heteroatoms. The Balaban J connectivity index is 1.51. The van der Waals surface area contributed by atoms with Gasteiger partial charge in [-0.25, -0.2) is 4.79 Å². The van der Waals surface area contributed by atoms with Crippen LogP contribution in [0.15, 0.2) is 30.5 Å². The fraction of sp³-hybridized carbons (Fsp3) is 0.545. The van der Waals surface area contributed by atoms with Crippen LogP contribution in [0.1, 0.15) is 32.3 Å². The molecule has 3 amide bonds. The average Bonchev–Trinajstić information content (AvgIpc) is 3.20. The number of H-pyrrole nitrogens is 1. The fourth-order valence-electron chi connectivity index (χ4n) is 4.76. The minimum Gasteiger partial charge on any atom is -0.383 e. The molecule has 2 saturated heterocycles. The molecule has 0 unspecified atom stereocenters. The molecule has 1 spiro atoms. The van der Waals surface area contributed by atoms with Crippen LogP contribution in [0.25, 0.3) is 10.9 Å². The number of benzene rings is 1. The zero-order valence-corrected chi connectivity index (χ0v) is 17.5. The number of ether oxygens (including phenoxy) is 1. The first-order valence-corrected chi connectivity index (χ1v) is 10.4. The molecular formula is C22H30N4O3. The summed E-state index contributed by atoms with van der Waals surface area (Å²) in [6, 6.07) is 8.00.